The molecule has 0 saturated carbocycles. The third kappa shape index (κ3) is 3.18. The molecule has 4 aromatic rings. The van der Waals surface area contributed by atoms with Crippen LogP contribution < -0.4 is 5.32 Å². The standard InChI is InChI=1S/C21H13BrF2N2O2/c1-25-21(27)18-16-8-12(15-9-13(22)10-26-20(15)24)4-7-17(16)28-19(18)11-2-5-14(23)6-3-11/h2-10H,1H3,(H,25,27). The van der Waals surface area contributed by atoms with Gasteiger partial charge < -0.3 is 9.73 Å². The van der Waals surface area contributed by atoms with Crippen LogP contribution in [0.4, 0.5) is 8.78 Å². The lowest BCUT2D eigenvalue weighted by molar-refractivity contribution is 0.0964. The first-order chi connectivity index (χ1) is 13.5. The number of rotatable bonds is 3. The van der Waals surface area contributed by atoms with E-state index in [1.807, 2.05) is 0 Å². The molecule has 140 valence electrons. The maximum atomic E-state index is 14.2. The Morgan fingerprint density at radius 1 is 1.07 bits per heavy atom. The maximum absolute atomic E-state index is 14.2. The Kier molecular flexibility index (Phi) is 4.68. The molecule has 0 spiro atoms. The van der Waals surface area contributed by atoms with Gasteiger partial charge in [-0.25, -0.2) is 9.37 Å². The highest BCUT2D eigenvalue weighted by molar-refractivity contribution is 9.10. The van der Waals surface area contributed by atoms with Crippen LogP contribution in [0.3, 0.4) is 0 Å². The van der Waals surface area contributed by atoms with E-state index in [0.717, 1.165) is 0 Å². The normalized spacial score (nSPS) is 11.0. The smallest absolute Gasteiger partial charge is 0.255 e. The molecule has 0 aliphatic carbocycles. The second-order valence-electron chi connectivity index (χ2n) is 6.10. The second kappa shape index (κ2) is 7.16. The summed E-state index contributed by atoms with van der Waals surface area (Å²) in [7, 11) is 1.51. The Balaban J connectivity index is 1.97. The van der Waals surface area contributed by atoms with Crippen molar-refractivity contribution in [1.82, 2.24) is 10.3 Å². The Morgan fingerprint density at radius 3 is 2.50 bits per heavy atom. The summed E-state index contributed by atoms with van der Waals surface area (Å²) in [6, 6.07) is 12.3. The van der Waals surface area contributed by atoms with E-state index in [4.69, 9.17) is 4.42 Å². The van der Waals surface area contributed by atoms with Crippen LogP contribution in [0.25, 0.3) is 33.4 Å². The number of aromatic nitrogens is 1. The van der Waals surface area contributed by atoms with Gasteiger partial charge >= 0.3 is 0 Å². The lowest BCUT2D eigenvalue weighted by Crippen LogP contribution is -2.18. The third-order valence-corrected chi connectivity index (χ3v) is 4.80. The van der Waals surface area contributed by atoms with Gasteiger partial charge in [0.25, 0.3) is 5.91 Å². The summed E-state index contributed by atoms with van der Waals surface area (Å²) in [6.45, 7) is 0. The number of carbonyl (C=O) groups is 1. The van der Waals surface area contributed by atoms with E-state index in [-0.39, 0.29) is 11.7 Å². The van der Waals surface area contributed by atoms with Gasteiger partial charge in [-0.15, -0.1) is 0 Å². The quantitative estimate of drug-likeness (QED) is 0.422. The molecule has 1 amide bonds. The van der Waals surface area contributed by atoms with Crippen molar-refractivity contribution >= 4 is 32.8 Å². The van der Waals surface area contributed by atoms with E-state index in [9.17, 15) is 13.6 Å². The molecule has 4 nitrogen and oxygen atoms in total. The zero-order chi connectivity index (χ0) is 19.8. The van der Waals surface area contributed by atoms with Crippen LogP contribution in [-0.2, 0) is 0 Å². The van der Waals surface area contributed by atoms with Crippen molar-refractivity contribution in [3.8, 4) is 22.5 Å². The van der Waals surface area contributed by atoms with Crippen molar-refractivity contribution in [2.45, 2.75) is 0 Å². The molecule has 0 saturated heterocycles. The number of pyridine rings is 1. The highest BCUT2D eigenvalue weighted by Crippen LogP contribution is 2.36. The van der Waals surface area contributed by atoms with E-state index < -0.39 is 5.95 Å². The van der Waals surface area contributed by atoms with Crippen LogP contribution >= 0.6 is 15.9 Å². The van der Waals surface area contributed by atoms with E-state index >= 15 is 0 Å². The Hall–Kier alpha value is -3.06. The Morgan fingerprint density at radius 2 is 1.79 bits per heavy atom. The summed E-state index contributed by atoms with van der Waals surface area (Å²) >= 11 is 3.29. The summed E-state index contributed by atoms with van der Waals surface area (Å²) in [5.41, 5.74) is 2.17. The Labute approximate surface area is 167 Å². The third-order valence-electron chi connectivity index (χ3n) is 4.37. The number of furan rings is 1. The van der Waals surface area contributed by atoms with Gasteiger partial charge in [0.2, 0.25) is 5.95 Å². The fourth-order valence-corrected chi connectivity index (χ4v) is 3.38. The molecule has 1 N–H and O–H groups in total. The van der Waals surface area contributed by atoms with Crippen LogP contribution in [0.5, 0.6) is 0 Å². The van der Waals surface area contributed by atoms with Gasteiger partial charge in [-0.2, -0.15) is 4.39 Å². The molecule has 0 aliphatic heterocycles. The minimum atomic E-state index is -0.619. The molecule has 2 heterocycles. The number of hydrogen-bond donors (Lipinski definition) is 1. The molecule has 0 radical (unpaired) electrons. The fourth-order valence-electron chi connectivity index (χ4n) is 3.05. The van der Waals surface area contributed by atoms with E-state index in [1.165, 1.54) is 37.5 Å². The summed E-state index contributed by atoms with van der Waals surface area (Å²) in [6.07, 6.45) is 1.37. The summed E-state index contributed by atoms with van der Waals surface area (Å²) in [5, 5.41) is 3.12. The summed E-state index contributed by atoms with van der Waals surface area (Å²) < 4.78 is 34.0. The Bertz CT molecular complexity index is 1200. The number of nitrogens with one attached hydrogen (secondary N) is 1. The van der Waals surface area contributed by atoms with Crippen molar-refractivity contribution in [2.24, 2.45) is 0 Å². The first kappa shape index (κ1) is 18.3. The monoisotopic (exact) mass is 442 g/mol. The molecule has 4 rings (SSSR count). The first-order valence-corrected chi connectivity index (χ1v) is 9.13. The fraction of sp³-hybridized carbons (Fsp3) is 0.0476. The van der Waals surface area contributed by atoms with Crippen LogP contribution in [0.2, 0.25) is 0 Å². The van der Waals surface area contributed by atoms with E-state index in [0.29, 0.717) is 43.5 Å². The molecule has 0 unspecified atom stereocenters. The van der Waals surface area contributed by atoms with Gasteiger partial charge in [0.15, 0.2) is 0 Å². The van der Waals surface area contributed by atoms with Crippen molar-refractivity contribution in [2.75, 3.05) is 7.05 Å². The van der Waals surface area contributed by atoms with Gasteiger partial charge in [-0.05, 0) is 64.0 Å². The molecule has 7 heteroatoms. The SMILES string of the molecule is CNC(=O)c1c(-c2ccc(F)cc2)oc2ccc(-c3cc(Br)cnc3F)cc12. The predicted octanol–water partition coefficient (Wildman–Crippen LogP) is 5.56. The molecule has 0 atom stereocenters. The average molecular weight is 443 g/mol. The molecule has 0 bridgehead atoms. The van der Waals surface area contributed by atoms with Crippen LogP contribution in [0.1, 0.15) is 10.4 Å². The highest BCUT2D eigenvalue weighted by Gasteiger charge is 2.22. The lowest BCUT2D eigenvalue weighted by atomic mass is 10.0. The van der Waals surface area contributed by atoms with E-state index in [2.05, 4.69) is 26.2 Å². The number of halogens is 3. The maximum Gasteiger partial charge on any atom is 0.255 e. The van der Waals surface area contributed by atoms with E-state index in [1.54, 1.807) is 24.3 Å². The molecule has 28 heavy (non-hydrogen) atoms. The second-order valence-corrected chi connectivity index (χ2v) is 7.01. The molecular formula is C21H13BrF2N2O2. The van der Waals surface area contributed by atoms with Gasteiger partial charge in [-0.1, -0.05) is 6.07 Å². The molecule has 2 aromatic heterocycles. The largest absolute Gasteiger partial charge is 0.455 e. The highest BCUT2D eigenvalue weighted by atomic mass is 79.9. The number of fused-ring (bicyclic) bond motifs is 1. The minimum absolute atomic E-state index is 0.295. The molecular weight excluding hydrogens is 430 g/mol. The van der Waals surface area contributed by atoms with Gasteiger partial charge in [0.05, 0.1) is 5.56 Å². The number of carbonyl (C=O) groups excluding carboxylic acids is 1. The van der Waals surface area contributed by atoms with Crippen molar-refractivity contribution in [3.05, 3.63) is 76.5 Å². The number of benzene rings is 2. The van der Waals surface area contributed by atoms with Gasteiger partial charge in [0, 0.05) is 34.2 Å². The lowest BCUT2D eigenvalue weighted by Gasteiger charge is -2.05. The van der Waals surface area contributed by atoms with Gasteiger partial charge in [0.1, 0.15) is 17.2 Å². The van der Waals surface area contributed by atoms with Crippen LogP contribution in [-0.4, -0.2) is 17.9 Å². The number of hydrogen-bond acceptors (Lipinski definition) is 3. The molecule has 0 aliphatic rings. The zero-order valence-corrected chi connectivity index (χ0v) is 16.2. The number of nitrogens with zero attached hydrogens (tertiary/aromatic N) is 1. The minimum Gasteiger partial charge on any atom is -0.455 e. The van der Waals surface area contributed by atoms with Crippen molar-refractivity contribution in [1.29, 1.82) is 0 Å². The van der Waals surface area contributed by atoms with Crippen LogP contribution in [0, 0.1) is 11.8 Å². The summed E-state index contributed by atoms with van der Waals surface area (Å²) in [5.74, 6) is -1.05. The topological polar surface area (TPSA) is 55.1 Å². The van der Waals surface area contributed by atoms with Crippen LogP contribution in [0.15, 0.2) is 63.6 Å². The first-order valence-electron chi connectivity index (χ1n) is 8.34. The average Bonchev–Trinajstić information content (AvgIpc) is 3.08. The molecule has 2 aromatic carbocycles. The summed E-state index contributed by atoms with van der Waals surface area (Å²) in [4.78, 5) is 16.3. The molecule has 0 fully saturated rings. The van der Waals surface area contributed by atoms with Crippen molar-refractivity contribution < 1.29 is 18.0 Å². The predicted molar refractivity (Wildman–Crippen MR) is 106 cm³/mol. The zero-order valence-electron chi connectivity index (χ0n) is 14.6. The van der Waals surface area contributed by atoms with Gasteiger partial charge in [-0.3, -0.25) is 4.79 Å². The van der Waals surface area contributed by atoms with Crippen molar-refractivity contribution in [3.63, 3.8) is 0 Å². The number of amides is 1.